The van der Waals surface area contributed by atoms with E-state index in [0.29, 0.717) is 13.0 Å². The first kappa shape index (κ1) is 22.9. The molecule has 2 aliphatic carbocycles. The first-order valence-corrected chi connectivity index (χ1v) is 11.9. The lowest BCUT2D eigenvalue weighted by Gasteiger charge is -2.37. The number of imide groups is 1. The largest absolute Gasteiger partial charge is 0.444 e. The van der Waals surface area contributed by atoms with Gasteiger partial charge in [0.25, 0.3) is 5.91 Å². The van der Waals surface area contributed by atoms with Gasteiger partial charge < -0.3 is 10.1 Å². The van der Waals surface area contributed by atoms with Crippen molar-refractivity contribution in [2.75, 3.05) is 6.54 Å². The standard InChI is InChI=1S/C23H39N3O4/c1-23(2,3)30-22(29)25-16-10-15-19(25)20(27)26(18-13-8-5-9-14-18)21(28)24-17-11-6-4-7-12-17/h17-19H,4-16H2,1-3H3,(H,24,28)/t19-/m0/s1. The van der Waals surface area contributed by atoms with Gasteiger partial charge in [-0.05, 0) is 59.3 Å². The van der Waals surface area contributed by atoms with Crippen LogP contribution >= 0.6 is 0 Å². The van der Waals surface area contributed by atoms with Crippen molar-refractivity contribution >= 4 is 18.0 Å². The summed E-state index contributed by atoms with van der Waals surface area (Å²) in [5, 5.41) is 3.13. The third-order valence-electron chi connectivity index (χ3n) is 6.49. The molecule has 3 fully saturated rings. The van der Waals surface area contributed by atoms with Crippen molar-refractivity contribution in [2.45, 2.75) is 122 Å². The van der Waals surface area contributed by atoms with Crippen LogP contribution in [0.3, 0.4) is 0 Å². The Balaban J connectivity index is 1.74. The van der Waals surface area contributed by atoms with Crippen LogP contribution in [-0.4, -0.2) is 58.1 Å². The van der Waals surface area contributed by atoms with E-state index < -0.39 is 17.7 Å². The molecule has 30 heavy (non-hydrogen) atoms. The van der Waals surface area contributed by atoms with Crippen molar-refractivity contribution < 1.29 is 19.1 Å². The van der Waals surface area contributed by atoms with E-state index in [0.717, 1.165) is 64.2 Å². The third kappa shape index (κ3) is 5.88. The maximum atomic E-state index is 13.6. The van der Waals surface area contributed by atoms with Gasteiger partial charge in [-0.1, -0.05) is 38.5 Å². The lowest BCUT2D eigenvalue weighted by Crippen LogP contribution is -2.58. The van der Waals surface area contributed by atoms with Crippen LogP contribution in [0.2, 0.25) is 0 Å². The maximum absolute atomic E-state index is 13.6. The highest BCUT2D eigenvalue weighted by molar-refractivity contribution is 5.99. The van der Waals surface area contributed by atoms with E-state index >= 15 is 0 Å². The monoisotopic (exact) mass is 421 g/mol. The topological polar surface area (TPSA) is 79.0 Å². The molecular formula is C23H39N3O4. The second-order valence-corrected chi connectivity index (χ2v) is 10.1. The molecule has 0 aromatic rings. The first-order valence-electron chi connectivity index (χ1n) is 11.9. The van der Waals surface area contributed by atoms with Crippen molar-refractivity contribution in [3.63, 3.8) is 0 Å². The van der Waals surface area contributed by atoms with Crippen LogP contribution in [0.15, 0.2) is 0 Å². The fourth-order valence-electron chi connectivity index (χ4n) is 5.00. The Bertz CT molecular complexity index is 618. The van der Waals surface area contributed by atoms with Crippen LogP contribution in [0.4, 0.5) is 9.59 Å². The average Bonchev–Trinajstić information content (AvgIpc) is 3.18. The highest BCUT2D eigenvalue weighted by Crippen LogP contribution is 2.28. The van der Waals surface area contributed by atoms with E-state index in [2.05, 4.69) is 5.32 Å². The van der Waals surface area contributed by atoms with Crippen molar-refractivity contribution in [1.29, 1.82) is 0 Å². The lowest BCUT2D eigenvalue weighted by atomic mass is 9.93. The van der Waals surface area contributed by atoms with Gasteiger partial charge in [-0.2, -0.15) is 0 Å². The molecule has 4 amide bonds. The number of urea groups is 1. The number of hydrogen-bond donors (Lipinski definition) is 1. The Morgan fingerprint density at radius 1 is 0.867 bits per heavy atom. The molecule has 7 nitrogen and oxygen atoms in total. The van der Waals surface area contributed by atoms with Gasteiger partial charge in [-0.3, -0.25) is 14.6 Å². The van der Waals surface area contributed by atoms with Gasteiger partial charge in [0.2, 0.25) is 0 Å². The molecule has 1 N–H and O–H groups in total. The predicted molar refractivity (Wildman–Crippen MR) is 115 cm³/mol. The van der Waals surface area contributed by atoms with E-state index in [9.17, 15) is 14.4 Å². The summed E-state index contributed by atoms with van der Waals surface area (Å²) in [5.74, 6) is -0.237. The van der Waals surface area contributed by atoms with E-state index in [-0.39, 0.29) is 24.0 Å². The summed E-state index contributed by atoms with van der Waals surface area (Å²) in [6, 6.07) is -0.805. The van der Waals surface area contributed by atoms with Gasteiger partial charge >= 0.3 is 12.1 Å². The SMILES string of the molecule is CC(C)(C)OC(=O)N1CCC[C@H]1C(=O)N(C(=O)NC1CCCCC1)C1CCCCC1. The number of likely N-dealkylation sites (tertiary alicyclic amines) is 1. The highest BCUT2D eigenvalue weighted by atomic mass is 16.6. The van der Waals surface area contributed by atoms with Crippen molar-refractivity contribution in [3.8, 4) is 0 Å². The van der Waals surface area contributed by atoms with Crippen LogP contribution in [0.25, 0.3) is 0 Å². The fraction of sp³-hybridized carbons (Fsp3) is 0.870. The number of amides is 4. The van der Waals surface area contributed by atoms with Gasteiger partial charge in [0.1, 0.15) is 11.6 Å². The third-order valence-corrected chi connectivity index (χ3v) is 6.49. The van der Waals surface area contributed by atoms with Crippen molar-refractivity contribution in [3.05, 3.63) is 0 Å². The van der Waals surface area contributed by atoms with Crippen LogP contribution in [0.1, 0.15) is 97.8 Å². The first-order chi connectivity index (χ1) is 14.3. The zero-order chi connectivity index (χ0) is 21.7. The lowest BCUT2D eigenvalue weighted by molar-refractivity contribution is -0.135. The van der Waals surface area contributed by atoms with Crippen LogP contribution in [0.5, 0.6) is 0 Å². The summed E-state index contributed by atoms with van der Waals surface area (Å²) in [4.78, 5) is 42.6. The minimum atomic E-state index is -0.616. The molecule has 0 unspecified atom stereocenters. The molecule has 0 spiro atoms. The Morgan fingerprint density at radius 2 is 1.47 bits per heavy atom. The molecular weight excluding hydrogens is 382 g/mol. The molecule has 170 valence electrons. The van der Waals surface area contributed by atoms with Crippen LogP contribution in [0, 0.1) is 0 Å². The molecule has 7 heteroatoms. The molecule has 3 rings (SSSR count). The zero-order valence-corrected chi connectivity index (χ0v) is 19.0. The highest BCUT2D eigenvalue weighted by Gasteiger charge is 2.42. The number of ether oxygens (including phenoxy) is 1. The second kappa shape index (κ2) is 10.0. The predicted octanol–water partition coefficient (Wildman–Crippen LogP) is 4.59. The summed E-state index contributed by atoms with van der Waals surface area (Å²) in [5.41, 5.74) is -0.616. The van der Waals surface area contributed by atoms with E-state index in [4.69, 9.17) is 4.74 Å². The molecule has 1 saturated heterocycles. The molecule has 1 heterocycles. The zero-order valence-electron chi connectivity index (χ0n) is 19.0. The summed E-state index contributed by atoms with van der Waals surface area (Å²) in [6.07, 6.45) is 11.2. The van der Waals surface area contributed by atoms with Crippen molar-refractivity contribution in [2.24, 2.45) is 0 Å². The second-order valence-electron chi connectivity index (χ2n) is 10.1. The van der Waals surface area contributed by atoms with E-state index in [1.807, 2.05) is 20.8 Å². The molecule has 1 atom stereocenters. The maximum Gasteiger partial charge on any atom is 0.410 e. The Morgan fingerprint density at radius 3 is 2.07 bits per heavy atom. The normalized spacial score (nSPS) is 23.8. The molecule has 0 aromatic heterocycles. The minimum absolute atomic E-state index is 0.0732. The van der Waals surface area contributed by atoms with Crippen LogP contribution < -0.4 is 5.32 Å². The number of rotatable bonds is 3. The molecule has 0 radical (unpaired) electrons. The van der Waals surface area contributed by atoms with Gasteiger partial charge in [0.05, 0.1) is 0 Å². The molecule has 3 aliphatic rings. The number of nitrogens with zero attached hydrogens (tertiary/aromatic N) is 2. The van der Waals surface area contributed by atoms with Gasteiger partial charge in [-0.25, -0.2) is 9.59 Å². The Labute approximate surface area is 180 Å². The molecule has 0 aromatic carbocycles. The van der Waals surface area contributed by atoms with Gasteiger partial charge in [-0.15, -0.1) is 0 Å². The molecule has 1 aliphatic heterocycles. The smallest absolute Gasteiger partial charge is 0.410 e. The summed E-state index contributed by atoms with van der Waals surface area (Å²) >= 11 is 0. The summed E-state index contributed by atoms with van der Waals surface area (Å²) in [7, 11) is 0. The van der Waals surface area contributed by atoms with Crippen molar-refractivity contribution in [1.82, 2.24) is 15.1 Å². The fourth-order valence-corrected chi connectivity index (χ4v) is 5.00. The molecule has 2 saturated carbocycles. The number of carbonyl (C=O) groups is 3. The Kier molecular flexibility index (Phi) is 7.64. The van der Waals surface area contributed by atoms with E-state index in [1.54, 1.807) is 0 Å². The van der Waals surface area contributed by atoms with Crippen LogP contribution in [-0.2, 0) is 9.53 Å². The average molecular weight is 422 g/mol. The minimum Gasteiger partial charge on any atom is -0.444 e. The van der Waals surface area contributed by atoms with Gasteiger partial charge in [0.15, 0.2) is 0 Å². The van der Waals surface area contributed by atoms with Gasteiger partial charge in [0, 0.05) is 18.6 Å². The summed E-state index contributed by atoms with van der Waals surface area (Å²) < 4.78 is 5.52. The number of hydrogen-bond acceptors (Lipinski definition) is 4. The quantitative estimate of drug-likeness (QED) is 0.723. The number of carbonyl (C=O) groups excluding carboxylic acids is 3. The van der Waals surface area contributed by atoms with E-state index in [1.165, 1.54) is 16.2 Å². The molecule has 0 bridgehead atoms. The number of nitrogens with one attached hydrogen (secondary N) is 1. The summed E-state index contributed by atoms with van der Waals surface area (Å²) in [6.45, 7) is 5.96. The Hall–Kier alpha value is -1.79.